The van der Waals surface area contributed by atoms with Crippen molar-refractivity contribution in [1.29, 1.82) is 0 Å². The summed E-state index contributed by atoms with van der Waals surface area (Å²) >= 11 is 5.39. The maximum atomic E-state index is 13.5. The topological polar surface area (TPSA) is 40.5 Å². The Kier molecular flexibility index (Phi) is 3.31. The van der Waals surface area contributed by atoms with Gasteiger partial charge in [0.1, 0.15) is 11.6 Å². The summed E-state index contributed by atoms with van der Waals surface area (Å²) in [6.07, 6.45) is -0.150. The fraction of sp³-hybridized carbons (Fsp3) is 0.364. The Morgan fingerprint density at radius 1 is 1.41 bits per heavy atom. The number of carbonyl (C=O) groups is 1. The number of likely N-dealkylation sites (tertiary alicyclic amines) is 1. The van der Waals surface area contributed by atoms with Crippen LogP contribution in [-0.2, 0) is 0 Å². The van der Waals surface area contributed by atoms with Crippen molar-refractivity contribution in [3.63, 3.8) is 0 Å². The summed E-state index contributed by atoms with van der Waals surface area (Å²) in [5, 5.41) is 8.92. The molecule has 1 heterocycles. The molecule has 0 radical (unpaired) electrons. The first-order chi connectivity index (χ1) is 7.99. The number of nitrogens with zero attached hydrogens (tertiary/aromatic N) is 1. The van der Waals surface area contributed by atoms with Crippen LogP contribution in [0.1, 0.15) is 16.8 Å². The molecule has 1 atom stereocenters. The highest BCUT2D eigenvalue weighted by Crippen LogP contribution is 2.22. The van der Waals surface area contributed by atoms with Gasteiger partial charge >= 0.3 is 0 Å². The van der Waals surface area contributed by atoms with E-state index in [4.69, 9.17) is 11.6 Å². The van der Waals surface area contributed by atoms with Crippen LogP contribution in [0.2, 0.25) is 5.02 Å². The molecule has 1 aromatic carbocycles. The Labute approximate surface area is 102 Å². The monoisotopic (exact) mass is 261 g/mol. The van der Waals surface area contributed by atoms with Gasteiger partial charge in [-0.3, -0.25) is 4.79 Å². The van der Waals surface area contributed by atoms with Crippen LogP contribution in [0.5, 0.6) is 0 Å². The van der Waals surface area contributed by atoms with E-state index in [0.29, 0.717) is 13.0 Å². The number of benzene rings is 1. The van der Waals surface area contributed by atoms with Crippen LogP contribution in [0.3, 0.4) is 0 Å². The number of carbonyl (C=O) groups excluding carboxylic acids is 1. The summed E-state index contributed by atoms with van der Waals surface area (Å²) in [6.45, 7) is 0.478. The summed E-state index contributed by atoms with van der Waals surface area (Å²) in [5.74, 6) is -2.33. The Balaban J connectivity index is 2.28. The number of β-amino-alcohol motifs (C(OH)–C–C–N with tert-alkyl or cyclic N) is 1. The minimum absolute atomic E-state index is 0.141. The number of aliphatic hydroxyl groups is 1. The summed E-state index contributed by atoms with van der Waals surface area (Å²) < 4.78 is 26.6. The first-order valence-corrected chi connectivity index (χ1v) is 5.48. The molecule has 1 aliphatic rings. The molecule has 3 nitrogen and oxygen atoms in total. The summed E-state index contributed by atoms with van der Waals surface area (Å²) in [7, 11) is 0. The average molecular weight is 262 g/mol. The number of halogens is 3. The lowest BCUT2D eigenvalue weighted by Gasteiger charge is -2.16. The molecular formula is C11H10ClF2NO2. The van der Waals surface area contributed by atoms with Crippen molar-refractivity contribution in [3.05, 3.63) is 34.4 Å². The predicted molar refractivity (Wildman–Crippen MR) is 57.9 cm³/mol. The van der Waals surface area contributed by atoms with Gasteiger partial charge in [-0.25, -0.2) is 8.78 Å². The van der Waals surface area contributed by atoms with Gasteiger partial charge in [-0.1, -0.05) is 11.6 Å². The van der Waals surface area contributed by atoms with Gasteiger partial charge in [0, 0.05) is 13.1 Å². The second-order valence-corrected chi connectivity index (χ2v) is 4.35. The minimum atomic E-state index is -0.859. The Bertz CT molecular complexity index is 467. The largest absolute Gasteiger partial charge is 0.391 e. The lowest BCUT2D eigenvalue weighted by Crippen LogP contribution is -2.30. The van der Waals surface area contributed by atoms with Gasteiger partial charge in [0.2, 0.25) is 0 Å². The molecule has 2 rings (SSSR count). The van der Waals surface area contributed by atoms with Crippen LogP contribution in [-0.4, -0.2) is 35.1 Å². The number of rotatable bonds is 1. The van der Waals surface area contributed by atoms with Gasteiger partial charge in [0.05, 0.1) is 16.7 Å². The zero-order chi connectivity index (χ0) is 12.6. The van der Waals surface area contributed by atoms with E-state index in [1.807, 2.05) is 0 Å². The van der Waals surface area contributed by atoms with Crippen molar-refractivity contribution in [3.8, 4) is 0 Å². The third-order valence-electron chi connectivity index (χ3n) is 2.69. The molecule has 0 aromatic heterocycles. The zero-order valence-corrected chi connectivity index (χ0v) is 9.55. The van der Waals surface area contributed by atoms with Crippen molar-refractivity contribution in [1.82, 2.24) is 4.90 Å². The second kappa shape index (κ2) is 4.58. The zero-order valence-electron chi connectivity index (χ0n) is 8.79. The summed E-state index contributed by atoms with van der Waals surface area (Å²) in [4.78, 5) is 13.1. The lowest BCUT2D eigenvalue weighted by atomic mass is 10.2. The van der Waals surface area contributed by atoms with Crippen molar-refractivity contribution in [2.75, 3.05) is 13.1 Å². The molecule has 0 unspecified atom stereocenters. The van der Waals surface area contributed by atoms with Crippen molar-refractivity contribution in [2.45, 2.75) is 12.5 Å². The van der Waals surface area contributed by atoms with Crippen LogP contribution in [0.15, 0.2) is 12.1 Å². The smallest absolute Gasteiger partial charge is 0.257 e. The second-order valence-electron chi connectivity index (χ2n) is 3.94. The van der Waals surface area contributed by atoms with E-state index in [2.05, 4.69) is 0 Å². The molecule has 1 fully saturated rings. The fourth-order valence-corrected chi connectivity index (χ4v) is 1.93. The quantitative estimate of drug-likeness (QED) is 0.784. The highest BCUT2D eigenvalue weighted by Gasteiger charge is 2.27. The van der Waals surface area contributed by atoms with E-state index in [1.165, 1.54) is 4.90 Å². The normalized spacial score (nSPS) is 19.8. The number of hydrogen-bond acceptors (Lipinski definition) is 2. The lowest BCUT2D eigenvalue weighted by molar-refractivity contribution is 0.0760. The van der Waals surface area contributed by atoms with Gasteiger partial charge < -0.3 is 10.0 Å². The van der Waals surface area contributed by atoms with Gasteiger partial charge in [0.15, 0.2) is 0 Å². The van der Waals surface area contributed by atoms with E-state index in [9.17, 15) is 18.7 Å². The molecule has 0 aliphatic carbocycles. The van der Waals surface area contributed by atoms with Crippen molar-refractivity contribution < 1.29 is 18.7 Å². The molecule has 0 saturated carbocycles. The fourth-order valence-electron chi connectivity index (χ4n) is 1.78. The van der Waals surface area contributed by atoms with Crippen LogP contribution in [0.25, 0.3) is 0 Å². The molecule has 0 spiro atoms. The summed E-state index contributed by atoms with van der Waals surface area (Å²) in [6, 6.07) is 1.56. The van der Waals surface area contributed by atoms with E-state index >= 15 is 0 Å². The first-order valence-electron chi connectivity index (χ1n) is 5.11. The van der Waals surface area contributed by atoms with E-state index in [1.54, 1.807) is 0 Å². The Hall–Kier alpha value is -1.20. The molecule has 0 bridgehead atoms. The molecule has 1 aliphatic heterocycles. The van der Waals surface area contributed by atoms with Crippen LogP contribution < -0.4 is 0 Å². The predicted octanol–water partition coefficient (Wildman–Crippen LogP) is 1.82. The van der Waals surface area contributed by atoms with E-state index in [-0.39, 0.29) is 17.1 Å². The molecule has 6 heteroatoms. The van der Waals surface area contributed by atoms with Crippen molar-refractivity contribution in [2.24, 2.45) is 0 Å². The number of hydrogen-bond donors (Lipinski definition) is 1. The van der Waals surface area contributed by atoms with Gasteiger partial charge in [-0.05, 0) is 18.6 Å². The Morgan fingerprint density at radius 2 is 2.12 bits per heavy atom. The number of aliphatic hydroxyl groups excluding tert-OH is 1. The summed E-state index contributed by atoms with van der Waals surface area (Å²) in [5.41, 5.74) is -0.360. The standard InChI is InChI=1S/C11H10ClF2NO2/c12-8-4-9(13)7(3-10(8)14)11(17)15-2-1-6(16)5-15/h3-4,6,16H,1-2,5H2/t6-/m0/s1. The van der Waals surface area contributed by atoms with Gasteiger partial charge in [0.25, 0.3) is 5.91 Å². The molecule has 1 saturated heterocycles. The van der Waals surface area contributed by atoms with E-state index < -0.39 is 23.6 Å². The maximum absolute atomic E-state index is 13.5. The molecular weight excluding hydrogens is 252 g/mol. The Morgan fingerprint density at radius 3 is 2.71 bits per heavy atom. The molecule has 1 amide bonds. The number of amides is 1. The van der Waals surface area contributed by atoms with E-state index in [0.717, 1.165) is 12.1 Å². The average Bonchev–Trinajstić information content (AvgIpc) is 2.69. The SMILES string of the molecule is O=C(c1cc(F)c(Cl)cc1F)N1CC[C@H](O)C1. The van der Waals surface area contributed by atoms with Crippen molar-refractivity contribution >= 4 is 17.5 Å². The highest BCUT2D eigenvalue weighted by atomic mass is 35.5. The van der Waals surface area contributed by atoms with Gasteiger partial charge in [-0.15, -0.1) is 0 Å². The maximum Gasteiger partial charge on any atom is 0.257 e. The van der Waals surface area contributed by atoms with Gasteiger partial charge in [-0.2, -0.15) is 0 Å². The highest BCUT2D eigenvalue weighted by molar-refractivity contribution is 6.30. The van der Waals surface area contributed by atoms with Crippen LogP contribution in [0.4, 0.5) is 8.78 Å². The first kappa shape index (κ1) is 12.3. The molecule has 17 heavy (non-hydrogen) atoms. The molecule has 1 N–H and O–H groups in total. The molecule has 1 aromatic rings. The van der Waals surface area contributed by atoms with Crippen LogP contribution in [0, 0.1) is 11.6 Å². The third-order valence-corrected chi connectivity index (χ3v) is 2.98. The van der Waals surface area contributed by atoms with Crippen LogP contribution >= 0.6 is 11.6 Å². The minimum Gasteiger partial charge on any atom is -0.391 e. The third kappa shape index (κ3) is 2.40. The molecule has 92 valence electrons.